The van der Waals surface area contributed by atoms with Crippen molar-refractivity contribution in [1.29, 1.82) is 0 Å². The van der Waals surface area contributed by atoms with Gasteiger partial charge in [0, 0.05) is 23.6 Å². The summed E-state index contributed by atoms with van der Waals surface area (Å²) in [6.45, 7) is 3.21. The monoisotopic (exact) mass is 307 g/mol. The Balaban J connectivity index is 2.72. The third-order valence-electron chi connectivity index (χ3n) is 3.24. The summed E-state index contributed by atoms with van der Waals surface area (Å²) in [6, 6.07) is 4.72. The van der Waals surface area contributed by atoms with Gasteiger partial charge in [0.1, 0.15) is 5.75 Å². The summed E-state index contributed by atoms with van der Waals surface area (Å²) in [4.78, 5) is 33.9. The molecule has 2 N–H and O–H groups in total. The van der Waals surface area contributed by atoms with Gasteiger partial charge in [-0.1, -0.05) is 0 Å². The first kappa shape index (κ1) is 17.7. The van der Waals surface area contributed by atoms with E-state index in [-0.39, 0.29) is 30.6 Å². The quantitative estimate of drug-likeness (QED) is 0.715. The Morgan fingerprint density at radius 2 is 2.00 bits per heavy atom. The zero-order chi connectivity index (χ0) is 16.7. The minimum atomic E-state index is -0.892. The number of benzene rings is 1. The number of carbonyl (C=O) groups is 3. The maximum atomic E-state index is 12.0. The summed E-state index contributed by atoms with van der Waals surface area (Å²) < 4.78 is 5.20. The van der Waals surface area contributed by atoms with E-state index in [0.717, 1.165) is 0 Å². The van der Waals surface area contributed by atoms with Crippen molar-refractivity contribution in [3.63, 3.8) is 0 Å². The van der Waals surface area contributed by atoms with Crippen LogP contribution >= 0.6 is 0 Å². The van der Waals surface area contributed by atoms with E-state index in [1.54, 1.807) is 25.1 Å². The fraction of sp³-hybridized carbons (Fsp3) is 0.438. The van der Waals surface area contributed by atoms with E-state index in [1.807, 2.05) is 0 Å². The fourth-order valence-corrected chi connectivity index (χ4v) is 2.05. The first-order chi connectivity index (χ1) is 10.3. The minimum Gasteiger partial charge on any atom is -0.496 e. The molecule has 1 aromatic rings. The molecule has 22 heavy (non-hydrogen) atoms. The SMILES string of the molecule is COc1ccc(C(C)=O)cc1CC(=O)NC(C)CCC(=O)O. The van der Waals surface area contributed by atoms with E-state index in [4.69, 9.17) is 9.84 Å². The number of nitrogens with one attached hydrogen (secondary N) is 1. The molecule has 0 saturated carbocycles. The lowest BCUT2D eigenvalue weighted by Crippen LogP contribution is -2.34. The van der Waals surface area contributed by atoms with Gasteiger partial charge in [0.05, 0.1) is 13.5 Å². The highest BCUT2D eigenvalue weighted by atomic mass is 16.5. The van der Waals surface area contributed by atoms with Crippen molar-refractivity contribution in [3.05, 3.63) is 29.3 Å². The van der Waals surface area contributed by atoms with Gasteiger partial charge in [0.15, 0.2) is 5.78 Å². The van der Waals surface area contributed by atoms with Crippen LogP contribution in [0.4, 0.5) is 0 Å². The molecule has 0 aliphatic rings. The summed E-state index contributed by atoms with van der Waals surface area (Å²) in [5, 5.41) is 11.4. The van der Waals surface area contributed by atoms with Gasteiger partial charge in [-0.05, 0) is 38.5 Å². The van der Waals surface area contributed by atoms with Crippen LogP contribution in [-0.2, 0) is 16.0 Å². The van der Waals surface area contributed by atoms with Gasteiger partial charge in [-0.3, -0.25) is 14.4 Å². The van der Waals surface area contributed by atoms with Crippen molar-refractivity contribution in [3.8, 4) is 5.75 Å². The smallest absolute Gasteiger partial charge is 0.303 e. The lowest BCUT2D eigenvalue weighted by atomic mass is 10.0. The average Bonchev–Trinajstić information content (AvgIpc) is 2.44. The number of Topliss-reactive ketones (excluding diaryl/α,β-unsaturated/α-hetero) is 1. The summed E-state index contributed by atoms with van der Waals surface area (Å²) >= 11 is 0. The van der Waals surface area contributed by atoms with Crippen LogP contribution < -0.4 is 10.1 Å². The molecule has 1 aromatic carbocycles. The molecule has 0 fully saturated rings. The Labute approximate surface area is 129 Å². The molecule has 6 nitrogen and oxygen atoms in total. The molecule has 0 bridgehead atoms. The Hall–Kier alpha value is -2.37. The molecule has 0 spiro atoms. The number of methoxy groups -OCH3 is 1. The summed E-state index contributed by atoms with van der Waals surface area (Å²) in [5.74, 6) is -0.675. The van der Waals surface area contributed by atoms with E-state index in [0.29, 0.717) is 23.3 Å². The molecule has 1 amide bonds. The largest absolute Gasteiger partial charge is 0.496 e. The van der Waals surface area contributed by atoms with Gasteiger partial charge < -0.3 is 15.2 Å². The first-order valence-corrected chi connectivity index (χ1v) is 7.02. The average molecular weight is 307 g/mol. The highest BCUT2D eigenvalue weighted by Gasteiger charge is 2.14. The molecule has 1 unspecified atom stereocenters. The normalized spacial score (nSPS) is 11.6. The number of carbonyl (C=O) groups excluding carboxylic acids is 2. The lowest BCUT2D eigenvalue weighted by molar-refractivity contribution is -0.137. The van der Waals surface area contributed by atoms with E-state index in [2.05, 4.69) is 5.32 Å². The molecular formula is C16H21NO5. The molecule has 1 atom stereocenters. The molecule has 0 aliphatic heterocycles. The molecule has 120 valence electrons. The maximum Gasteiger partial charge on any atom is 0.303 e. The third kappa shape index (κ3) is 5.55. The van der Waals surface area contributed by atoms with Crippen LogP contribution in [0.3, 0.4) is 0 Å². The number of hydrogen-bond donors (Lipinski definition) is 2. The number of aliphatic carboxylic acids is 1. The molecule has 0 aromatic heterocycles. The Bertz CT molecular complexity index is 568. The van der Waals surface area contributed by atoms with E-state index < -0.39 is 5.97 Å². The second-order valence-electron chi connectivity index (χ2n) is 5.16. The zero-order valence-electron chi connectivity index (χ0n) is 13.0. The van der Waals surface area contributed by atoms with Crippen molar-refractivity contribution in [1.82, 2.24) is 5.32 Å². The molecule has 1 rings (SSSR count). The fourth-order valence-electron chi connectivity index (χ4n) is 2.05. The van der Waals surface area contributed by atoms with Crippen molar-refractivity contribution >= 4 is 17.7 Å². The Morgan fingerprint density at radius 1 is 1.32 bits per heavy atom. The lowest BCUT2D eigenvalue weighted by Gasteiger charge is -2.14. The Kier molecular flexibility index (Phi) is 6.56. The second kappa shape index (κ2) is 8.17. The van der Waals surface area contributed by atoms with Crippen molar-refractivity contribution in [2.45, 2.75) is 39.2 Å². The highest BCUT2D eigenvalue weighted by Crippen LogP contribution is 2.21. The van der Waals surface area contributed by atoms with Crippen LogP contribution in [0.5, 0.6) is 5.75 Å². The summed E-state index contributed by atoms with van der Waals surface area (Å²) in [5.41, 5.74) is 1.14. The number of ketones is 1. The number of carboxylic acid groups (broad SMARTS) is 1. The number of carboxylic acids is 1. The molecule has 0 radical (unpaired) electrons. The van der Waals surface area contributed by atoms with Gasteiger partial charge in [-0.2, -0.15) is 0 Å². The van der Waals surface area contributed by atoms with Crippen LogP contribution in [0.2, 0.25) is 0 Å². The molecule has 0 saturated heterocycles. The maximum absolute atomic E-state index is 12.0. The van der Waals surface area contributed by atoms with Crippen molar-refractivity contribution in [2.75, 3.05) is 7.11 Å². The predicted octanol–water partition coefficient (Wildman–Crippen LogP) is 1.81. The van der Waals surface area contributed by atoms with Gasteiger partial charge in [-0.25, -0.2) is 0 Å². The van der Waals surface area contributed by atoms with Crippen LogP contribution in [-0.4, -0.2) is 35.9 Å². The van der Waals surface area contributed by atoms with Crippen LogP contribution in [0, 0.1) is 0 Å². The number of hydrogen-bond acceptors (Lipinski definition) is 4. The standard InChI is InChI=1S/C16H21NO5/c1-10(4-7-16(20)21)17-15(19)9-13-8-12(11(2)18)5-6-14(13)22-3/h5-6,8,10H,4,7,9H2,1-3H3,(H,17,19)(H,20,21). The van der Waals surface area contributed by atoms with E-state index in [1.165, 1.54) is 14.0 Å². The molecular weight excluding hydrogens is 286 g/mol. The topological polar surface area (TPSA) is 92.7 Å². The number of ether oxygens (including phenoxy) is 1. The zero-order valence-corrected chi connectivity index (χ0v) is 13.0. The van der Waals surface area contributed by atoms with Crippen LogP contribution in [0.1, 0.15) is 42.6 Å². The Morgan fingerprint density at radius 3 is 2.55 bits per heavy atom. The minimum absolute atomic E-state index is 0.00455. The van der Waals surface area contributed by atoms with E-state index >= 15 is 0 Å². The van der Waals surface area contributed by atoms with E-state index in [9.17, 15) is 14.4 Å². The summed E-state index contributed by atoms with van der Waals surface area (Å²) in [6.07, 6.45) is 0.442. The predicted molar refractivity (Wildman–Crippen MR) is 81.2 cm³/mol. The molecule has 0 heterocycles. The highest BCUT2D eigenvalue weighted by molar-refractivity contribution is 5.94. The van der Waals surface area contributed by atoms with Gasteiger partial charge >= 0.3 is 5.97 Å². The van der Waals surface area contributed by atoms with Crippen LogP contribution in [0.25, 0.3) is 0 Å². The molecule has 0 aliphatic carbocycles. The molecule has 6 heteroatoms. The van der Waals surface area contributed by atoms with Crippen molar-refractivity contribution in [2.24, 2.45) is 0 Å². The second-order valence-corrected chi connectivity index (χ2v) is 5.16. The number of rotatable bonds is 8. The summed E-state index contributed by atoms with van der Waals surface area (Å²) in [7, 11) is 1.50. The van der Waals surface area contributed by atoms with Gasteiger partial charge in [-0.15, -0.1) is 0 Å². The third-order valence-corrected chi connectivity index (χ3v) is 3.24. The van der Waals surface area contributed by atoms with Crippen molar-refractivity contribution < 1.29 is 24.2 Å². The first-order valence-electron chi connectivity index (χ1n) is 7.02. The van der Waals surface area contributed by atoms with Gasteiger partial charge in [0.25, 0.3) is 0 Å². The number of amides is 1. The van der Waals surface area contributed by atoms with Gasteiger partial charge in [0.2, 0.25) is 5.91 Å². The van der Waals surface area contributed by atoms with Crippen LogP contribution in [0.15, 0.2) is 18.2 Å².